The van der Waals surface area contributed by atoms with Gasteiger partial charge in [0, 0.05) is 0 Å². The molecule has 0 fully saturated rings. The lowest BCUT2D eigenvalue weighted by Gasteiger charge is -2.00. The van der Waals surface area contributed by atoms with Crippen LogP contribution in [0, 0.1) is 0 Å². The van der Waals surface area contributed by atoms with Crippen LogP contribution in [0.1, 0.15) is 33.4 Å². The molecule has 0 atom stereocenters. The van der Waals surface area contributed by atoms with Crippen LogP contribution in [0.5, 0.6) is 0 Å². The standard InChI is InChI=1S/3C17H14O.C12H11P/c3*18-17(13-11-15-7-3-1-4-8-15)14-12-16-9-5-2-6-10-16;1-3-7-11(8-4-1)13-12-9-5-2-6-10-12/h3*1-14H;1-10,13H. The molecule has 67 heavy (non-hydrogen) atoms. The highest BCUT2D eigenvalue weighted by Gasteiger charge is 1.95. The van der Waals surface area contributed by atoms with E-state index in [1.807, 2.05) is 218 Å². The van der Waals surface area contributed by atoms with Crippen LogP contribution in [-0.2, 0) is 14.4 Å². The van der Waals surface area contributed by atoms with Gasteiger partial charge < -0.3 is 0 Å². The summed E-state index contributed by atoms with van der Waals surface area (Å²) in [5, 5.41) is 2.79. The molecule has 0 unspecified atom stereocenters. The molecule has 0 saturated heterocycles. The summed E-state index contributed by atoms with van der Waals surface area (Å²) < 4.78 is 0. The van der Waals surface area contributed by atoms with Crippen molar-refractivity contribution in [3.05, 3.63) is 312 Å². The molecule has 8 rings (SSSR count). The lowest BCUT2D eigenvalue weighted by molar-refractivity contribution is -0.111. The molecule has 8 aromatic carbocycles. The van der Waals surface area contributed by atoms with Gasteiger partial charge in [0.25, 0.3) is 0 Å². The molecule has 3 nitrogen and oxygen atoms in total. The third-order valence-corrected chi connectivity index (χ3v) is 10.5. The fourth-order valence-corrected chi connectivity index (χ4v) is 6.88. The molecule has 4 heteroatoms. The number of hydrogen-bond acceptors (Lipinski definition) is 3. The van der Waals surface area contributed by atoms with Crippen molar-refractivity contribution < 1.29 is 14.4 Å². The number of benzene rings is 8. The van der Waals surface area contributed by atoms with Crippen molar-refractivity contribution in [1.82, 2.24) is 0 Å². The second-order valence-corrected chi connectivity index (χ2v) is 15.9. The molecule has 0 heterocycles. The lowest BCUT2D eigenvalue weighted by Crippen LogP contribution is -2.01. The zero-order valence-corrected chi connectivity index (χ0v) is 38.2. The molecule has 8 aromatic rings. The van der Waals surface area contributed by atoms with Crippen LogP contribution in [0.4, 0.5) is 0 Å². The fraction of sp³-hybridized carbons (Fsp3) is 0. The Kier molecular flexibility index (Phi) is 22.7. The van der Waals surface area contributed by atoms with Crippen LogP contribution in [0.3, 0.4) is 0 Å². The smallest absolute Gasteiger partial charge is 0.178 e. The molecule has 0 amide bonds. The molecule has 328 valence electrons. The summed E-state index contributed by atoms with van der Waals surface area (Å²) in [6.45, 7) is 0. The predicted octanol–water partition coefficient (Wildman–Crippen LogP) is 14.3. The van der Waals surface area contributed by atoms with E-state index in [4.69, 9.17) is 0 Å². The quantitative estimate of drug-likeness (QED) is 0.0807. The normalized spacial score (nSPS) is 10.9. The number of rotatable bonds is 14. The summed E-state index contributed by atoms with van der Waals surface area (Å²) in [6, 6.07) is 79.8. The van der Waals surface area contributed by atoms with Crippen molar-refractivity contribution >= 4 is 73.0 Å². The predicted molar refractivity (Wildman–Crippen MR) is 288 cm³/mol. The maximum atomic E-state index is 11.6. The molecular formula is C63H53O3P. The third kappa shape index (κ3) is 22.2. The average molecular weight is 889 g/mol. The minimum atomic E-state index is -0.0114. The van der Waals surface area contributed by atoms with Crippen LogP contribution >= 0.6 is 8.58 Å². The van der Waals surface area contributed by atoms with Crippen molar-refractivity contribution in [2.45, 2.75) is 0 Å². The van der Waals surface area contributed by atoms with Crippen molar-refractivity contribution in [3.63, 3.8) is 0 Å². The maximum Gasteiger partial charge on any atom is 0.178 e. The monoisotopic (exact) mass is 888 g/mol. The fourth-order valence-electron chi connectivity index (χ4n) is 5.83. The van der Waals surface area contributed by atoms with Gasteiger partial charge in [0.15, 0.2) is 17.3 Å². The summed E-state index contributed by atoms with van der Waals surface area (Å²) in [4.78, 5) is 34.8. The highest BCUT2D eigenvalue weighted by Crippen LogP contribution is 2.10. The van der Waals surface area contributed by atoms with Crippen LogP contribution in [-0.4, -0.2) is 17.3 Å². The van der Waals surface area contributed by atoms with E-state index < -0.39 is 0 Å². The minimum Gasteiger partial charge on any atom is -0.290 e. The summed E-state index contributed by atoms with van der Waals surface area (Å²) in [7, 11) is 0.777. The van der Waals surface area contributed by atoms with Gasteiger partial charge in [-0.25, -0.2) is 0 Å². The Morgan fingerprint density at radius 2 is 0.373 bits per heavy atom. The van der Waals surface area contributed by atoms with Gasteiger partial charge in [0.05, 0.1) is 0 Å². The second-order valence-electron chi connectivity index (χ2n) is 14.5. The zero-order valence-electron chi connectivity index (χ0n) is 37.2. The number of hydrogen-bond donors (Lipinski definition) is 0. The molecule has 0 bridgehead atoms. The molecule has 0 aliphatic carbocycles. The van der Waals surface area contributed by atoms with Gasteiger partial charge in [0.1, 0.15) is 0 Å². The Morgan fingerprint density at radius 1 is 0.224 bits per heavy atom. The second kappa shape index (κ2) is 30.7. The van der Waals surface area contributed by atoms with E-state index in [1.54, 1.807) is 36.5 Å². The molecular weight excluding hydrogens is 836 g/mol. The number of carbonyl (C=O) groups is 3. The summed E-state index contributed by atoms with van der Waals surface area (Å²) in [5.74, 6) is -0.0341. The number of allylic oxidation sites excluding steroid dienone is 6. The molecule has 0 aliphatic heterocycles. The topological polar surface area (TPSA) is 51.2 Å². The third-order valence-electron chi connectivity index (χ3n) is 9.27. The highest BCUT2D eigenvalue weighted by molar-refractivity contribution is 7.55. The van der Waals surface area contributed by atoms with Gasteiger partial charge in [-0.1, -0.05) is 288 Å². The van der Waals surface area contributed by atoms with E-state index in [-0.39, 0.29) is 17.3 Å². The van der Waals surface area contributed by atoms with Crippen molar-refractivity contribution in [3.8, 4) is 0 Å². The van der Waals surface area contributed by atoms with E-state index in [2.05, 4.69) is 60.7 Å². The Labute approximate surface area is 398 Å². The van der Waals surface area contributed by atoms with E-state index in [0.29, 0.717) is 0 Å². The van der Waals surface area contributed by atoms with Gasteiger partial charge in [-0.05, 0) is 80.4 Å². The first-order valence-electron chi connectivity index (χ1n) is 21.9. The van der Waals surface area contributed by atoms with Crippen molar-refractivity contribution in [2.75, 3.05) is 0 Å². The maximum absolute atomic E-state index is 11.6. The van der Waals surface area contributed by atoms with E-state index >= 15 is 0 Å². The molecule has 0 spiro atoms. The summed E-state index contributed by atoms with van der Waals surface area (Å²) in [5.41, 5.74) is 6.16. The van der Waals surface area contributed by atoms with E-state index in [1.165, 1.54) is 10.6 Å². The van der Waals surface area contributed by atoms with Gasteiger partial charge in [0.2, 0.25) is 0 Å². The van der Waals surface area contributed by atoms with Crippen molar-refractivity contribution in [1.29, 1.82) is 0 Å². The molecule has 0 aromatic heterocycles. The van der Waals surface area contributed by atoms with E-state index in [0.717, 1.165) is 42.0 Å². The van der Waals surface area contributed by atoms with Crippen LogP contribution in [0.15, 0.2) is 279 Å². The van der Waals surface area contributed by atoms with E-state index in [9.17, 15) is 14.4 Å². The molecule has 0 saturated carbocycles. The van der Waals surface area contributed by atoms with Gasteiger partial charge in [-0.3, -0.25) is 14.4 Å². The van der Waals surface area contributed by atoms with Crippen LogP contribution in [0.25, 0.3) is 36.5 Å². The number of carbonyl (C=O) groups excluding carboxylic acids is 3. The Balaban J connectivity index is 0.000000168. The lowest BCUT2D eigenvalue weighted by atomic mass is 10.1. The average Bonchev–Trinajstić information content (AvgIpc) is 3.40. The molecule has 0 radical (unpaired) electrons. The first kappa shape index (κ1) is 49.7. The first-order chi connectivity index (χ1) is 33.0. The summed E-state index contributed by atoms with van der Waals surface area (Å²) >= 11 is 0. The van der Waals surface area contributed by atoms with Gasteiger partial charge in [-0.2, -0.15) is 0 Å². The first-order valence-corrected chi connectivity index (χ1v) is 22.9. The Morgan fingerprint density at radius 3 is 0.537 bits per heavy atom. The summed E-state index contributed by atoms with van der Waals surface area (Å²) in [6.07, 6.45) is 20.4. The largest absolute Gasteiger partial charge is 0.290 e. The molecule has 0 aliphatic rings. The Hall–Kier alpha value is -8.36. The van der Waals surface area contributed by atoms with Crippen LogP contribution in [0.2, 0.25) is 0 Å². The Bertz CT molecular complexity index is 2350. The SMILES string of the molecule is O=C(C=Cc1ccccc1)C=Cc1ccccc1.O=C(C=Cc1ccccc1)C=Cc1ccccc1.O=C(C=Cc1ccccc1)C=Cc1ccccc1.c1ccc(Pc2ccccc2)cc1. The zero-order chi connectivity index (χ0) is 46.8. The van der Waals surface area contributed by atoms with Crippen molar-refractivity contribution in [2.24, 2.45) is 0 Å². The number of ketones is 3. The van der Waals surface area contributed by atoms with Gasteiger partial charge in [-0.15, -0.1) is 0 Å². The minimum absolute atomic E-state index is 0.0114. The highest BCUT2D eigenvalue weighted by atomic mass is 31.1. The molecule has 0 N–H and O–H groups in total. The van der Waals surface area contributed by atoms with Gasteiger partial charge >= 0.3 is 0 Å². The van der Waals surface area contributed by atoms with Crippen LogP contribution < -0.4 is 10.6 Å².